The fourth-order valence-electron chi connectivity index (χ4n) is 2.94. The van der Waals surface area contributed by atoms with Gasteiger partial charge in [-0.15, -0.1) is 0 Å². The van der Waals surface area contributed by atoms with E-state index >= 15 is 0 Å². The highest BCUT2D eigenvalue weighted by atomic mass is 35.5. The standard InChI is InChI=1S/C18H22ClN3O2/c19-14-6-5-9-16(12-14)24-13-22-11-10-17(21-22)18(23)20-15-7-3-1-2-4-8-15/h5-6,9-12,15H,1-4,7-8,13H2,(H,20,23). The molecule has 1 N–H and O–H groups in total. The second kappa shape index (κ2) is 8.20. The molecule has 3 rings (SSSR count). The molecule has 0 atom stereocenters. The molecule has 1 aliphatic carbocycles. The number of benzene rings is 1. The van der Waals surface area contributed by atoms with Crippen LogP contribution in [0.5, 0.6) is 5.75 Å². The molecule has 1 fully saturated rings. The van der Waals surface area contributed by atoms with Crippen LogP contribution in [-0.2, 0) is 6.73 Å². The largest absolute Gasteiger partial charge is 0.471 e. The molecule has 0 aliphatic heterocycles. The Morgan fingerprint density at radius 2 is 2.04 bits per heavy atom. The number of carbonyl (C=O) groups is 1. The predicted molar refractivity (Wildman–Crippen MR) is 93.3 cm³/mol. The van der Waals surface area contributed by atoms with E-state index in [4.69, 9.17) is 16.3 Å². The lowest BCUT2D eigenvalue weighted by Crippen LogP contribution is -2.34. The average Bonchev–Trinajstić information content (AvgIpc) is 2.91. The summed E-state index contributed by atoms with van der Waals surface area (Å²) in [6.45, 7) is 0.233. The molecule has 0 saturated heterocycles. The van der Waals surface area contributed by atoms with E-state index in [0.29, 0.717) is 16.5 Å². The predicted octanol–water partition coefficient (Wildman–Crippen LogP) is 4.03. The zero-order valence-electron chi connectivity index (χ0n) is 13.6. The molecule has 1 aromatic carbocycles. The normalized spacial score (nSPS) is 15.7. The molecule has 1 aliphatic rings. The number of hydrogen-bond acceptors (Lipinski definition) is 3. The Kier molecular flexibility index (Phi) is 5.75. The van der Waals surface area contributed by atoms with Crippen molar-refractivity contribution in [2.24, 2.45) is 0 Å². The van der Waals surface area contributed by atoms with E-state index in [0.717, 1.165) is 12.8 Å². The summed E-state index contributed by atoms with van der Waals surface area (Å²) in [5.41, 5.74) is 0.425. The minimum Gasteiger partial charge on any atom is -0.471 e. The Balaban J connectivity index is 1.53. The number of carbonyl (C=O) groups excluding carboxylic acids is 1. The smallest absolute Gasteiger partial charge is 0.271 e. The van der Waals surface area contributed by atoms with E-state index < -0.39 is 0 Å². The number of rotatable bonds is 5. The van der Waals surface area contributed by atoms with Crippen molar-refractivity contribution in [1.29, 1.82) is 0 Å². The fraction of sp³-hybridized carbons (Fsp3) is 0.444. The van der Waals surface area contributed by atoms with Gasteiger partial charge >= 0.3 is 0 Å². The molecule has 128 valence electrons. The molecule has 2 aromatic rings. The molecule has 0 unspecified atom stereocenters. The summed E-state index contributed by atoms with van der Waals surface area (Å²) in [7, 11) is 0. The van der Waals surface area contributed by atoms with Gasteiger partial charge in [0.1, 0.15) is 11.4 Å². The van der Waals surface area contributed by atoms with Crippen molar-refractivity contribution in [3.8, 4) is 5.75 Å². The minimum atomic E-state index is -0.108. The van der Waals surface area contributed by atoms with Gasteiger partial charge in [0, 0.05) is 17.3 Å². The van der Waals surface area contributed by atoms with Crippen LogP contribution in [0.3, 0.4) is 0 Å². The molecular formula is C18H22ClN3O2. The van der Waals surface area contributed by atoms with E-state index in [1.54, 1.807) is 29.1 Å². The minimum absolute atomic E-state index is 0.108. The monoisotopic (exact) mass is 347 g/mol. The van der Waals surface area contributed by atoms with Crippen LogP contribution in [0.4, 0.5) is 0 Å². The highest BCUT2D eigenvalue weighted by Gasteiger charge is 2.17. The number of aromatic nitrogens is 2. The van der Waals surface area contributed by atoms with Gasteiger partial charge in [0.2, 0.25) is 0 Å². The molecule has 0 radical (unpaired) electrons. The van der Waals surface area contributed by atoms with Crippen LogP contribution < -0.4 is 10.1 Å². The Bertz CT molecular complexity index is 678. The van der Waals surface area contributed by atoms with Crippen molar-refractivity contribution in [2.75, 3.05) is 0 Å². The van der Waals surface area contributed by atoms with Crippen LogP contribution in [0, 0.1) is 0 Å². The molecule has 24 heavy (non-hydrogen) atoms. The lowest BCUT2D eigenvalue weighted by molar-refractivity contribution is 0.0926. The molecule has 1 aromatic heterocycles. The Labute approximate surface area is 147 Å². The summed E-state index contributed by atoms with van der Waals surface area (Å²) < 4.78 is 7.22. The van der Waals surface area contributed by atoms with Crippen LogP contribution in [0.2, 0.25) is 5.02 Å². The van der Waals surface area contributed by atoms with Gasteiger partial charge in [0.15, 0.2) is 6.73 Å². The fourth-order valence-corrected chi connectivity index (χ4v) is 3.12. The van der Waals surface area contributed by atoms with Gasteiger partial charge in [-0.2, -0.15) is 5.10 Å². The number of amides is 1. The molecule has 6 heteroatoms. The highest BCUT2D eigenvalue weighted by Crippen LogP contribution is 2.18. The third-order valence-electron chi connectivity index (χ3n) is 4.22. The van der Waals surface area contributed by atoms with Gasteiger partial charge in [0.05, 0.1) is 0 Å². The summed E-state index contributed by atoms with van der Waals surface area (Å²) in [5, 5.41) is 8.00. The first-order valence-corrected chi connectivity index (χ1v) is 8.81. The van der Waals surface area contributed by atoms with Crippen molar-refractivity contribution < 1.29 is 9.53 Å². The van der Waals surface area contributed by atoms with Crippen LogP contribution in [0.15, 0.2) is 36.5 Å². The van der Waals surface area contributed by atoms with E-state index in [1.807, 2.05) is 12.1 Å². The van der Waals surface area contributed by atoms with Gasteiger partial charge in [-0.1, -0.05) is 43.4 Å². The average molecular weight is 348 g/mol. The van der Waals surface area contributed by atoms with Gasteiger partial charge < -0.3 is 10.1 Å². The maximum atomic E-state index is 12.3. The molecule has 1 saturated carbocycles. The van der Waals surface area contributed by atoms with Gasteiger partial charge in [-0.25, -0.2) is 4.68 Å². The lowest BCUT2D eigenvalue weighted by atomic mass is 10.1. The Hall–Kier alpha value is -2.01. The van der Waals surface area contributed by atoms with Gasteiger partial charge in [0.25, 0.3) is 5.91 Å². The number of halogens is 1. The van der Waals surface area contributed by atoms with E-state index in [-0.39, 0.29) is 18.7 Å². The third kappa shape index (κ3) is 4.74. The van der Waals surface area contributed by atoms with Crippen molar-refractivity contribution in [1.82, 2.24) is 15.1 Å². The first-order valence-electron chi connectivity index (χ1n) is 8.43. The molecular weight excluding hydrogens is 326 g/mol. The first kappa shape index (κ1) is 16.8. The summed E-state index contributed by atoms with van der Waals surface area (Å²) >= 11 is 5.92. The third-order valence-corrected chi connectivity index (χ3v) is 4.46. The van der Waals surface area contributed by atoms with E-state index in [2.05, 4.69) is 10.4 Å². The van der Waals surface area contributed by atoms with Crippen molar-refractivity contribution in [3.63, 3.8) is 0 Å². The quantitative estimate of drug-likeness (QED) is 0.831. The summed E-state index contributed by atoms with van der Waals surface area (Å²) in [5.74, 6) is 0.561. The van der Waals surface area contributed by atoms with E-state index in [1.165, 1.54) is 25.7 Å². The number of hydrogen-bond donors (Lipinski definition) is 1. The van der Waals surface area contributed by atoms with Crippen molar-refractivity contribution >= 4 is 17.5 Å². The molecule has 0 bridgehead atoms. The second-order valence-electron chi connectivity index (χ2n) is 6.13. The molecule has 1 amide bonds. The van der Waals surface area contributed by atoms with Crippen LogP contribution in [0.25, 0.3) is 0 Å². The molecule has 5 nitrogen and oxygen atoms in total. The SMILES string of the molecule is O=C(NC1CCCCCC1)c1ccn(COc2cccc(Cl)c2)n1. The molecule has 1 heterocycles. The van der Waals surface area contributed by atoms with Crippen molar-refractivity contribution in [2.45, 2.75) is 51.3 Å². The second-order valence-corrected chi connectivity index (χ2v) is 6.57. The van der Waals surface area contributed by atoms with Crippen molar-refractivity contribution in [3.05, 3.63) is 47.2 Å². The van der Waals surface area contributed by atoms with Crippen LogP contribution >= 0.6 is 11.6 Å². The van der Waals surface area contributed by atoms with E-state index in [9.17, 15) is 4.79 Å². The maximum Gasteiger partial charge on any atom is 0.271 e. The lowest BCUT2D eigenvalue weighted by Gasteiger charge is -2.15. The number of ether oxygens (including phenoxy) is 1. The number of nitrogens with zero attached hydrogens (tertiary/aromatic N) is 2. The zero-order chi connectivity index (χ0) is 16.8. The number of nitrogens with one attached hydrogen (secondary N) is 1. The van der Waals surface area contributed by atoms with Crippen LogP contribution in [0.1, 0.15) is 49.0 Å². The summed E-state index contributed by atoms with van der Waals surface area (Å²) in [6.07, 6.45) is 8.77. The van der Waals surface area contributed by atoms with Crippen LogP contribution in [-0.4, -0.2) is 21.7 Å². The summed E-state index contributed by atoms with van der Waals surface area (Å²) in [4.78, 5) is 12.3. The van der Waals surface area contributed by atoms with Gasteiger partial charge in [-0.05, 0) is 37.1 Å². The maximum absolute atomic E-state index is 12.3. The first-order chi connectivity index (χ1) is 11.7. The Morgan fingerprint density at radius 3 is 2.79 bits per heavy atom. The highest BCUT2D eigenvalue weighted by molar-refractivity contribution is 6.30. The van der Waals surface area contributed by atoms with Gasteiger partial charge in [-0.3, -0.25) is 4.79 Å². The topological polar surface area (TPSA) is 56.2 Å². The molecule has 0 spiro atoms. The Morgan fingerprint density at radius 1 is 1.25 bits per heavy atom. The summed E-state index contributed by atoms with van der Waals surface area (Å²) in [6, 6.07) is 9.17. The zero-order valence-corrected chi connectivity index (χ0v) is 14.3.